The summed E-state index contributed by atoms with van der Waals surface area (Å²) in [6.07, 6.45) is 7.18. The highest BCUT2D eigenvalue weighted by atomic mass is 16.4. The van der Waals surface area contributed by atoms with E-state index in [4.69, 9.17) is 5.11 Å². The topological polar surface area (TPSA) is 40.5 Å². The Hall–Kier alpha value is -0.730. The van der Waals surface area contributed by atoms with Crippen LogP contribution in [0.2, 0.25) is 0 Å². The van der Waals surface area contributed by atoms with Gasteiger partial charge in [0.05, 0.1) is 0 Å². The molecule has 3 heteroatoms. The highest BCUT2D eigenvalue weighted by molar-refractivity contribution is 5.65. The van der Waals surface area contributed by atoms with Gasteiger partial charge in [0, 0.05) is 12.6 Å². The molecule has 0 aliphatic heterocycles. The summed E-state index contributed by atoms with van der Waals surface area (Å²) in [5, 5.41) is 9.10. The van der Waals surface area contributed by atoms with Gasteiger partial charge in [-0.15, -0.1) is 0 Å². The van der Waals surface area contributed by atoms with Crippen LogP contribution >= 0.6 is 0 Å². The third-order valence-corrected chi connectivity index (χ3v) is 3.04. The average Bonchev–Trinajstić information content (AvgIpc) is 2.24. The van der Waals surface area contributed by atoms with Crippen molar-refractivity contribution in [2.45, 2.75) is 71.8 Å². The number of amides is 1. The fraction of sp³-hybridized carbons (Fsp3) is 0.923. The van der Waals surface area contributed by atoms with Gasteiger partial charge in [-0.1, -0.05) is 46.0 Å². The van der Waals surface area contributed by atoms with Crippen LogP contribution in [0.1, 0.15) is 65.7 Å². The van der Waals surface area contributed by atoms with Gasteiger partial charge in [-0.25, -0.2) is 4.79 Å². The van der Waals surface area contributed by atoms with Crippen molar-refractivity contribution in [2.24, 2.45) is 0 Å². The zero-order valence-corrected chi connectivity index (χ0v) is 11.0. The quantitative estimate of drug-likeness (QED) is 0.604. The molecule has 0 aromatic heterocycles. The summed E-state index contributed by atoms with van der Waals surface area (Å²) in [6, 6.07) is 0.226. The van der Waals surface area contributed by atoms with E-state index >= 15 is 0 Å². The van der Waals surface area contributed by atoms with E-state index in [-0.39, 0.29) is 6.04 Å². The number of rotatable bonds is 9. The van der Waals surface area contributed by atoms with Crippen molar-refractivity contribution in [3.63, 3.8) is 0 Å². The summed E-state index contributed by atoms with van der Waals surface area (Å²) in [5.41, 5.74) is 0. The van der Waals surface area contributed by atoms with Crippen molar-refractivity contribution in [3.8, 4) is 0 Å². The Morgan fingerprint density at radius 2 is 1.75 bits per heavy atom. The summed E-state index contributed by atoms with van der Waals surface area (Å²) < 4.78 is 0. The number of carbonyl (C=O) groups is 1. The van der Waals surface area contributed by atoms with Gasteiger partial charge in [0.15, 0.2) is 0 Å². The molecule has 0 aliphatic carbocycles. The van der Waals surface area contributed by atoms with Crippen LogP contribution in [0, 0.1) is 0 Å². The molecule has 0 fully saturated rings. The second-order valence-electron chi connectivity index (χ2n) is 4.36. The smallest absolute Gasteiger partial charge is 0.407 e. The molecule has 0 bridgehead atoms. The molecule has 0 rings (SSSR count). The number of nitrogens with zero attached hydrogens (tertiary/aromatic N) is 1. The van der Waals surface area contributed by atoms with Gasteiger partial charge in [0.25, 0.3) is 0 Å². The van der Waals surface area contributed by atoms with E-state index in [0.29, 0.717) is 6.54 Å². The number of hydrogen-bond donors (Lipinski definition) is 1. The fourth-order valence-corrected chi connectivity index (χ4v) is 2.15. The third-order valence-electron chi connectivity index (χ3n) is 3.04. The normalized spacial score (nSPS) is 12.4. The minimum atomic E-state index is -0.767. The Morgan fingerprint density at radius 3 is 2.19 bits per heavy atom. The van der Waals surface area contributed by atoms with E-state index < -0.39 is 6.09 Å². The summed E-state index contributed by atoms with van der Waals surface area (Å²) in [7, 11) is 0. The Morgan fingerprint density at radius 1 is 1.06 bits per heavy atom. The molecule has 0 spiro atoms. The van der Waals surface area contributed by atoms with E-state index in [9.17, 15) is 4.79 Å². The number of carboxylic acid groups (broad SMARTS) is 1. The van der Waals surface area contributed by atoms with Crippen LogP contribution in [0.4, 0.5) is 4.79 Å². The van der Waals surface area contributed by atoms with Crippen LogP contribution in [0.15, 0.2) is 0 Å². The van der Waals surface area contributed by atoms with Crippen molar-refractivity contribution < 1.29 is 9.90 Å². The van der Waals surface area contributed by atoms with E-state index in [0.717, 1.165) is 25.7 Å². The highest BCUT2D eigenvalue weighted by Crippen LogP contribution is 2.15. The molecule has 1 unspecified atom stereocenters. The van der Waals surface area contributed by atoms with Crippen molar-refractivity contribution in [2.75, 3.05) is 6.54 Å². The Bertz CT molecular complexity index is 183. The van der Waals surface area contributed by atoms with Gasteiger partial charge >= 0.3 is 6.09 Å². The third kappa shape index (κ3) is 5.99. The molecular weight excluding hydrogens is 202 g/mol. The van der Waals surface area contributed by atoms with Gasteiger partial charge in [0.1, 0.15) is 0 Å². The first-order valence-corrected chi connectivity index (χ1v) is 6.66. The zero-order chi connectivity index (χ0) is 12.4. The Balaban J connectivity index is 4.07. The first-order chi connectivity index (χ1) is 7.67. The zero-order valence-electron chi connectivity index (χ0n) is 11.0. The van der Waals surface area contributed by atoms with Crippen molar-refractivity contribution >= 4 is 6.09 Å². The number of hydrogen-bond acceptors (Lipinski definition) is 1. The van der Waals surface area contributed by atoms with Gasteiger partial charge in [0.2, 0.25) is 0 Å². The first-order valence-electron chi connectivity index (χ1n) is 6.66. The highest BCUT2D eigenvalue weighted by Gasteiger charge is 2.20. The second kappa shape index (κ2) is 9.49. The Labute approximate surface area is 99.8 Å². The molecule has 0 heterocycles. The maximum atomic E-state index is 11.1. The van der Waals surface area contributed by atoms with Gasteiger partial charge in [-0.05, 0) is 19.8 Å². The molecule has 0 aromatic rings. The largest absolute Gasteiger partial charge is 0.465 e. The maximum absolute atomic E-state index is 11.1. The lowest BCUT2D eigenvalue weighted by molar-refractivity contribution is 0.120. The van der Waals surface area contributed by atoms with E-state index in [1.54, 1.807) is 4.90 Å². The van der Waals surface area contributed by atoms with Crippen LogP contribution in [-0.4, -0.2) is 28.7 Å². The summed E-state index contributed by atoms with van der Waals surface area (Å²) >= 11 is 0. The van der Waals surface area contributed by atoms with Gasteiger partial charge in [-0.3, -0.25) is 0 Å². The second-order valence-corrected chi connectivity index (χ2v) is 4.36. The van der Waals surface area contributed by atoms with E-state index in [2.05, 4.69) is 13.8 Å². The molecule has 16 heavy (non-hydrogen) atoms. The van der Waals surface area contributed by atoms with E-state index in [1.165, 1.54) is 19.3 Å². The lowest BCUT2D eigenvalue weighted by atomic mass is 10.0. The van der Waals surface area contributed by atoms with Crippen LogP contribution < -0.4 is 0 Å². The minimum absolute atomic E-state index is 0.226. The maximum Gasteiger partial charge on any atom is 0.407 e. The molecular formula is C13H27NO2. The minimum Gasteiger partial charge on any atom is -0.465 e. The molecule has 0 aliphatic rings. The molecule has 0 saturated carbocycles. The Kier molecular flexibility index (Phi) is 9.06. The molecule has 1 N–H and O–H groups in total. The predicted octanol–water partition coefficient (Wildman–Crippen LogP) is 4.13. The van der Waals surface area contributed by atoms with Gasteiger partial charge < -0.3 is 10.0 Å². The van der Waals surface area contributed by atoms with Crippen LogP contribution in [0.5, 0.6) is 0 Å². The standard InChI is InChI=1S/C13H27NO2/c1-4-7-8-9-11-12(10-5-2)14(6-3)13(15)16/h12H,4-11H2,1-3H3,(H,15,16). The molecule has 1 amide bonds. The average molecular weight is 229 g/mol. The lowest BCUT2D eigenvalue weighted by Gasteiger charge is -2.28. The summed E-state index contributed by atoms with van der Waals surface area (Å²) in [6.45, 7) is 6.84. The van der Waals surface area contributed by atoms with Crippen molar-refractivity contribution in [1.29, 1.82) is 0 Å². The molecule has 0 saturated heterocycles. The molecule has 0 aromatic carbocycles. The SMILES string of the molecule is CCCCCCC(CCC)N(CC)C(=O)O. The summed E-state index contributed by atoms with van der Waals surface area (Å²) in [5.74, 6) is 0. The lowest BCUT2D eigenvalue weighted by Crippen LogP contribution is -2.39. The molecule has 0 radical (unpaired) electrons. The predicted molar refractivity (Wildman–Crippen MR) is 67.9 cm³/mol. The molecule has 3 nitrogen and oxygen atoms in total. The van der Waals surface area contributed by atoms with Gasteiger partial charge in [-0.2, -0.15) is 0 Å². The number of unbranched alkanes of at least 4 members (excludes halogenated alkanes) is 3. The van der Waals surface area contributed by atoms with Crippen LogP contribution in [0.3, 0.4) is 0 Å². The first kappa shape index (κ1) is 15.3. The van der Waals surface area contributed by atoms with E-state index in [1.807, 2.05) is 6.92 Å². The monoisotopic (exact) mass is 229 g/mol. The molecule has 1 atom stereocenters. The van der Waals surface area contributed by atoms with Crippen LogP contribution in [0.25, 0.3) is 0 Å². The van der Waals surface area contributed by atoms with Crippen molar-refractivity contribution in [3.05, 3.63) is 0 Å². The van der Waals surface area contributed by atoms with Crippen molar-refractivity contribution in [1.82, 2.24) is 4.90 Å². The fourth-order valence-electron chi connectivity index (χ4n) is 2.15. The van der Waals surface area contributed by atoms with Crippen LogP contribution in [-0.2, 0) is 0 Å². The summed E-state index contributed by atoms with van der Waals surface area (Å²) in [4.78, 5) is 12.7. The molecule has 96 valence electrons.